The quantitative estimate of drug-likeness (QED) is 0.201. The van der Waals surface area contributed by atoms with Crippen molar-refractivity contribution in [2.75, 3.05) is 20.1 Å². The lowest BCUT2D eigenvalue weighted by molar-refractivity contribution is 0.0963. The number of benzene rings is 2. The van der Waals surface area contributed by atoms with Gasteiger partial charge in [-0.3, -0.25) is 4.79 Å². The summed E-state index contributed by atoms with van der Waals surface area (Å²) in [5.41, 5.74) is 2.47. The van der Waals surface area contributed by atoms with Crippen molar-refractivity contribution in [3.8, 4) is 11.6 Å². The highest BCUT2D eigenvalue weighted by Gasteiger charge is 2.08. The molecule has 0 saturated carbocycles. The number of halogens is 2. The van der Waals surface area contributed by atoms with E-state index in [0.29, 0.717) is 42.8 Å². The Balaban J connectivity index is 0.00000408. The molecule has 7 nitrogen and oxygen atoms in total. The Bertz CT molecular complexity index is 1110. The van der Waals surface area contributed by atoms with Crippen molar-refractivity contribution in [2.45, 2.75) is 19.9 Å². The molecule has 0 aliphatic rings. The number of hydrogen-bond donors (Lipinski definition) is 3. The second-order valence-corrected chi connectivity index (χ2v) is 7.18. The number of amides is 1. The first kappa shape index (κ1) is 27.0. The Kier molecular flexibility index (Phi) is 11.2. The Hall–Kier alpha value is -3.21. The highest BCUT2D eigenvalue weighted by Crippen LogP contribution is 2.23. The molecule has 0 spiro atoms. The van der Waals surface area contributed by atoms with Crippen LogP contribution in [-0.4, -0.2) is 37.0 Å². The van der Waals surface area contributed by atoms with Crippen molar-refractivity contribution in [3.63, 3.8) is 0 Å². The van der Waals surface area contributed by atoms with Gasteiger partial charge in [0.25, 0.3) is 5.91 Å². The minimum absolute atomic E-state index is 0. The lowest BCUT2D eigenvalue weighted by Gasteiger charge is -2.13. The van der Waals surface area contributed by atoms with Gasteiger partial charge in [0.05, 0.1) is 6.54 Å². The van der Waals surface area contributed by atoms with E-state index in [2.05, 4.69) is 25.9 Å². The number of rotatable bonds is 9. The fraction of sp³-hybridized carbons (Fsp3) is 0.240. The number of aliphatic imine (C=N–C) groups is 1. The number of pyridine rings is 1. The molecule has 0 radical (unpaired) electrons. The van der Waals surface area contributed by atoms with Gasteiger partial charge in [-0.15, -0.1) is 24.0 Å². The van der Waals surface area contributed by atoms with E-state index >= 15 is 0 Å². The first-order chi connectivity index (χ1) is 16.1. The van der Waals surface area contributed by atoms with Crippen LogP contribution in [-0.2, 0) is 13.0 Å². The molecule has 3 aromatic rings. The minimum Gasteiger partial charge on any atom is -0.439 e. The molecule has 0 aliphatic carbocycles. The van der Waals surface area contributed by atoms with Gasteiger partial charge in [-0.05, 0) is 49.2 Å². The minimum atomic E-state index is -0.373. The molecular weight excluding hydrogens is 548 g/mol. The summed E-state index contributed by atoms with van der Waals surface area (Å²) in [7, 11) is 1.62. The highest BCUT2D eigenvalue weighted by molar-refractivity contribution is 14.0. The molecule has 0 atom stereocenters. The molecule has 34 heavy (non-hydrogen) atoms. The van der Waals surface area contributed by atoms with Gasteiger partial charge in [0.2, 0.25) is 5.88 Å². The standard InChI is InChI=1S/C25H28FN5O2.HI/c1-3-28-25(30-14-12-18-7-4-8-19(15-18)23(32)27-2)31-17-20-9-6-13-29-24(20)33-22-11-5-10-21(26)16-22;/h4-11,13,15-16H,3,12,14,17H2,1-2H3,(H,27,32)(H2,28,30,31);1H. The van der Waals surface area contributed by atoms with Gasteiger partial charge in [0.1, 0.15) is 11.6 Å². The first-order valence-corrected chi connectivity index (χ1v) is 10.8. The van der Waals surface area contributed by atoms with Crippen LogP contribution in [0.15, 0.2) is 71.9 Å². The average Bonchev–Trinajstić information content (AvgIpc) is 2.83. The molecule has 2 aromatic carbocycles. The summed E-state index contributed by atoms with van der Waals surface area (Å²) in [5.74, 6) is 0.937. The zero-order valence-corrected chi connectivity index (χ0v) is 21.5. The average molecular weight is 577 g/mol. The fourth-order valence-corrected chi connectivity index (χ4v) is 3.12. The number of nitrogens with one attached hydrogen (secondary N) is 3. The van der Waals surface area contributed by atoms with Crippen LogP contribution in [0.5, 0.6) is 11.6 Å². The van der Waals surface area contributed by atoms with Crippen molar-refractivity contribution >= 4 is 35.8 Å². The maximum Gasteiger partial charge on any atom is 0.251 e. The van der Waals surface area contributed by atoms with Crippen LogP contribution in [0.4, 0.5) is 4.39 Å². The maximum absolute atomic E-state index is 13.5. The highest BCUT2D eigenvalue weighted by atomic mass is 127. The molecule has 0 bridgehead atoms. The number of guanidine groups is 1. The summed E-state index contributed by atoms with van der Waals surface area (Å²) in [6, 6.07) is 17.2. The maximum atomic E-state index is 13.5. The van der Waals surface area contributed by atoms with E-state index in [9.17, 15) is 9.18 Å². The van der Waals surface area contributed by atoms with Crippen molar-refractivity contribution < 1.29 is 13.9 Å². The van der Waals surface area contributed by atoms with Crippen LogP contribution >= 0.6 is 24.0 Å². The largest absolute Gasteiger partial charge is 0.439 e. The Morgan fingerprint density at radius 1 is 1.09 bits per heavy atom. The molecule has 0 aliphatic heterocycles. The Morgan fingerprint density at radius 2 is 1.91 bits per heavy atom. The molecule has 0 fully saturated rings. The second kappa shape index (κ2) is 14.1. The summed E-state index contributed by atoms with van der Waals surface area (Å²) < 4.78 is 19.2. The van der Waals surface area contributed by atoms with Crippen molar-refractivity contribution in [3.05, 3.63) is 89.4 Å². The summed E-state index contributed by atoms with van der Waals surface area (Å²) in [6.07, 6.45) is 2.36. The van der Waals surface area contributed by atoms with E-state index in [1.54, 1.807) is 31.4 Å². The molecule has 1 heterocycles. The van der Waals surface area contributed by atoms with Gasteiger partial charge in [-0.1, -0.05) is 24.3 Å². The van der Waals surface area contributed by atoms with E-state index in [0.717, 1.165) is 17.5 Å². The number of hydrogen-bond acceptors (Lipinski definition) is 4. The van der Waals surface area contributed by atoms with Crippen LogP contribution < -0.4 is 20.7 Å². The normalized spacial score (nSPS) is 10.7. The fourth-order valence-electron chi connectivity index (χ4n) is 3.12. The predicted octanol–water partition coefficient (Wildman–Crippen LogP) is 4.29. The topological polar surface area (TPSA) is 87.6 Å². The lowest BCUT2D eigenvalue weighted by atomic mass is 10.1. The van der Waals surface area contributed by atoms with E-state index in [1.165, 1.54) is 12.1 Å². The van der Waals surface area contributed by atoms with Gasteiger partial charge in [-0.2, -0.15) is 0 Å². The van der Waals surface area contributed by atoms with Crippen molar-refractivity contribution in [1.82, 2.24) is 20.9 Å². The van der Waals surface area contributed by atoms with Gasteiger partial charge in [0.15, 0.2) is 5.96 Å². The lowest BCUT2D eigenvalue weighted by Crippen LogP contribution is -2.38. The smallest absolute Gasteiger partial charge is 0.251 e. The van der Waals surface area contributed by atoms with Crippen molar-refractivity contribution in [1.29, 1.82) is 0 Å². The number of carbonyl (C=O) groups is 1. The van der Waals surface area contributed by atoms with E-state index in [1.807, 2.05) is 37.3 Å². The van der Waals surface area contributed by atoms with Crippen LogP contribution in [0.3, 0.4) is 0 Å². The monoisotopic (exact) mass is 577 g/mol. The zero-order chi connectivity index (χ0) is 23.5. The Labute approximate surface area is 216 Å². The summed E-state index contributed by atoms with van der Waals surface area (Å²) in [4.78, 5) is 20.7. The molecule has 9 heteroatoms. The molecule has 0 unspecified atom stereocenters. The number of aromatic nitrogens is 1. The Morgan fingerprint density at radius 3 is 2.68 bits per heavy atom. The van der Waals surface area contributed by atoms with Crippen LogP contribution in [0.25, 0.3) is 0 Å². The summed E-state index contributed by atoms with van der Waals surface area (Å²) >= 11 is 0. The summed E-state index contributed by atoms with van der Waals surface area (Å²) in [6.45, 7) is 3.67. The molecule has 3 N–H and O–H groups in total. The van der Waals surface area contributed by atoms with E-state index in [-0.39, 0.29) is 35.7 Å². The first-order valence-electron chi connectivity index (χ1n) is 10.8. The van der Waals surface area contributed by atoms with Crippen molar-refractivity contribution in [2.24, 2.45) is 4.99 Å². The van der Waals surface area contributed by atoms with Crippen LogP contribution in [0, 0.1) is 5.82 Å². The molecule has 0 saturated heterocycles. The van der Waals surface area contributed by atoms with E-state index in [4.69, 9.17) is 4.74 Å². The van der Waals surface area contributed by atoms with Crippen LogP contribution in [0.2, 0.25) is 0 Å². The van der Waals surface area contributed by atoms with Gasteiger partial charge in [0, 0.05) is 43.5 Å². The van der Waals surface area contributed by atoms with E-state index < -0.39 is 0 Å². The SMILES string of the molecule is CCNC(=NCc1cccnc1Oc1cccc(F)c1)NCCc1cccc(C(=O)NC)c1.I. The molecular formula is C25H29FIN5O2. The molecule has 3 rings (SSSR count). The third-order valence-electron chi connectivity index (χ3n) is 4.73. The molecule has 180 valence electrons. The molecule has 1 amide bonds. The summed E-state index contributed by atoms with van der Waals surface area (Å²) in [5, 5.41) is 9.16. The number of carbonyl (C=O) groups excluding carboxylic acids is 1. The molecule has 1 aromatic heterocycles. The number of ether oxygens (including phenoxy) is 1. The second-order valence-electron chi connectivity index (χ2n) is 7.18. The van der Waals surface area contributed by atoms with Gasteiger partial charge < -0.3 is 20.7 Å². The third-order valence-corrected chi connectivity index (χ3v) is 4.73. The van der Waals surface area contributed by atoms with Crippen LogP contribution in [0.1, 0.15) is 28.4 Å². The number of nitrogens with zero attached hydrogens (tertiary/aromatic N) is 2. The van der Waals surface area contributed by atoms with Gasteiger partial charge in [-0.25, -0.2) is 14.4 Å². The van der Waals surface area contributed by atoms with Gasteiger partial charge >= 0.3 is 0 Å². The third kappa shape index (κ3) is 8.29. The predicted molar refractivity (Wildman–Crippen MR) is 142 cm³/mol. The zero-order valence-electron chi connectivity index (χ0n) is 19.2.